The molecule has 0 saturated heterocycles. The van der Waals surface area contributed by atoms with Gasteiger partial charge in [0.1, 0.15) is 17.1 Å². The van der Waals surface area contributed by atoms with Gasteiger partial charge >= 0.3 is 5.97 Å². The van der Waals surface area contributed by atoms with Gasteiger partial charge in [-0.3, -0.25) is 0 Å². The molecule has 0 unspecified atom stereocenters. The van der Waals surface area contributed by atoms with Gasteiger partial charge in [0.2, 0.25) is 0 Å². The maximum absolute atomic E-state index is 11.5. The Morgan fingerprint density at radius 2 is 2.05 bits per heavy atom. The second kappa shape index (κ2) is 5.93. The maximum atomic E-state index is 11.5. The van der Waals surface area contributed by atoms with Crippen LogP contribution in [0.25, 0.3) is 0 Å². The number of furan rings is 1. The molecule has 1 N–H and O–H groups in total. The normalized spacial score (nSPS) is 10.3. The lowest BCUT2D eigenvalue weighted by Crippen LogP contribution is -2.01. The van der Waals surface area contributed by atoms with Gasteiger partial charge in [0.05, 0.1) is 13.7 Å². The lowest BCUT2D eigenvalue weighted by Gasteiger charge is -2.03. The van der Waals surface area contributed by atoms with Crippen LogP contribution in [0.15, 0.2) is 39.2 Å². The minimum absolute atomic E-state index is 0.379. The van der Waals surface area contributed by atoms with Crippen LogP contribution in [0.4, 0.5) is 5.69 Å². The smallest absolute Gasteiger partial charge is 0.341 e. The summed E-state index contributed by atoms with van der Waals surface area (Å²) in [7, 11) is 1.36. The average Bonchev–Trinajstić information content (AvgIpc) is 2.78. The molecule has 1 aromatic heterocycles. The van der Waals surface area contributed by atoms with E-state index in [2.05, 4.69) is 26.0 Å². The summed E-state index contributed by atoms with van der Waals surface area (Å²) < 4.78 is 11.2. The minimum atomic E-state index is -0.379. The number of nitrogens with one attached hydrogen (secondary N) is 1. The Kier molecular flexibility index (Phi) is 4.27. The topological polar surface area (TPSA) is 51.5 Å². The van der Waals surface area contributed by atoms with Gasteiger partial charge in [-0.1, -0.05) is 15.9 Å². The molecule has 100 valence electrons. The van der Waals surface area contributed by atoms with E-state index in [9.17, 15) is 4.79 Å². The van der Waals surface area contributed by atoms with E-state index < -0.39 is 0 Å². The van der Waals surface area contributed by atoms with E-state index in [1.54, 1.807) is 13.0 Å². The number of methoxy groups -OCH3 is 1. The van der Waals surface area contributed by atoms with Gasteiger partial charge in [-0.05, 0) is 37.3 Å². The number of hydrogen-bond donors (Lipinski definition) is 1. The van der Waals surface area contributed by atoms with Crippen molar-refractivity contribution in [3.05, 3.63) is 51.9 Å². The summed E-state index contributed by atoms with van der Waals surface area (Å²) in [6.07, 6.45) is 0. The number of anilines is 1. The van der Waals surface area contributed by atoms with Crippen molar-refractivity contribution in [3.8, 4) is 0 Å². The van der Waals surface area contributed by atoms with Crippen molar-refractivity contribution in [2.24, 2.45) is 0 Å². The van der Waals surface area contributed by atoms with E-state index in [1.807, 2.05) is 24.3 Å². The summed E-state index contributed by atoms with van der Waals surface area (Å²) >= 11 is 3.38. The molecule has 0 fully saturated rings. The van der Waals surface area contributed by atoms with Crippen LogP contribution < -0.4 is 5.32 Å². The molecule has 0 aliphatic carbocycles. The highest BCUT2D eigenvalue weighted by atomic mass is 79.9. The summed E-state index contributed by atoms with van der Waals surface area (Å²) in [5.74, 6) is 0.886. The molecule has 2 aromatic rings. The Balaban J connectivity index is 2.04. The second-order valence-corrected chi connectivity index (χ2v) is 4.95. The summed E-state index contributed by atoms with van der Waals surface area (Å²) in [5.41, 5.74) is 1.45. The van der Waals surface area contributed by atoms with E-state index in [4.69, 9.17) is 4.42 Å². The van der Waals surface area contributed by atoms with Crippen molar-refractivity contribution in [1.82, 2.24) is 0 Å². The van der Waals surface area contributed by atoms with Gasteiger partial charge in [0.15, 0.2) is 0 Å². The molecule has 0 aliphatic rings. The zero-order valence-corrected chi connectivity index (χ0v) is 12.3. The molecule has 2 rings (SSSR count). The lowest BCUT2D eigenvalue weighted by molar-refractivity contribution is 0.0599. The fraction of sp³-hybridized carbons (Fsp3) is 0.214. The Morgan fingerprint density at radius 3 is 2.68 bits per heavy atom. The van der Waals surface area contributed by atoms with Crippen molar-refractivity contribution < 1.29 is 13.9 Å². The summed E-state index contributed by atoms with van der Waals surface area (Å²) in [6.45, 7) is 2.26. The van der Waals surface area contributed by atoms with E-state index >= 15 is 0 Å². The predicted molar refractivity (Wildman–Crippen MR) is 76.3 cm³/mol. The van der Waals surface area contributed by atoms with Crippen LogP contribution in [0, 0.1) is 6.92 Å². The third-order valence-corrected chi connectivity index (χ3v) is 3.21. The van der Waals surface area contributed by atoms with E-state index in [0.29, 0.717) is 23.6 Å². The van der Waals surface area contributed by atoms with E-state index in [-0.39, 0.29) is 5.97 Å². The SMILES string of the molecule is COC(=O)c1cc(CNc2ccc(Br)cc2)oc1C. The molecule has 0 amide bonds. The number of hydrogen-bond acceptors (Lipinski definition) is 4. The molecule has 5 heteroatoms. The van der Waals surface area contributed by atoms with E-state index in [0.717, 1.165) is 10.2 Å². The van der Waals surface area contributed by atoms with Crippen molar-refractivity contribution in [2.45, 2.75) is 13.5 Å². The number of ether oxygens (including phenoxy) is 1. The number of esters is 1. The minimum Gasteiger partial charge on any atom is -0.465 e. The molecule has 0 atom stereocenters. The van der Waals surface area contributed by atoms with E-state index in [1.165, 1.54) is 7.11 Å². The predicted octanol–water partition coefficient (Wildman–Crippen LogP) is 3.75. The van der Waals surface area contributed by atoms with Crippen LogP contribution in [0.5, 0.6) is 0 Å². The summed E-state index contributed by atoms with van der Waals surface area (Å²) in [6, 6.07) is 9.53. The standard InChI is InChI=1S/C14H14BrNO3/c1-9-13(14(17)18-2)7-12(19-9)8-16-11-5-3-10(15)4-6-11/h3-7,16H,8H2,1-2H3. The molecule has 0 bridgehead atoms. The van der Waals surface area contributed by atoms with Crippen molar-refractivity contribution in [2.75, 3.05) is 12.4 Å². The van der Waals surface area contributed by atoms with Crippen molar-refractivity contribution >= 4 is 27.6 Å². The summed E-state index contributed by atoms with van der Waals surface area (Å²) in [5, 5.41) is 3.22. The number of benzene rings is 1. The summed E-state index contributed by atoms with van der Waals surface area (Å²) in [4.78, 5) is 11.5. The Morgan fingerprint density at radius 1 is 1.37 bits per heavy atom. The molecule has 0 aliphatic heterocycles. The van der Waals surface area contributed by atoms with Crippen LogP contribution in [-0.4, -0.2) is 13.1 Å². The Labute approximate surface area is 119 Å². The number of halogens is 1. The number of carbonyl (C=O) groups is 1. The first kappa shape index (κ1) is 13.7. The van der Waals surface area contributed by atoms with Gasteiger partial charge in [0, 0.05) is 10.2 Å². The lowest BCUT2D eigenvalue weighted by atomic mass is 10.2. The first-order valence-electron chi connectivity index (χ1n) is 5.77. The Bertz CT molecular complexity index is 575. The average molecular weight is 324 g/mol. The molecule has 0 saturated carbocycles. The van der Waals surface area contributed by atoms with Crippen LogP contribution in [0.3, 0.4) is 0 Å². The first-order valence-corrected chi connectivity index (χ1v) is 6.56. The van der Waals surface area contributed by atoms with Crippen LogP contribution in [0.1, 0.15) is 21.9 Å². The van der Waals surface area contributed by atoms with Crippen LogP contribution >= 0.6 is 15.9 Å². The number of carbonyl (C=O) groups excluding carboxylic acids is 1. The molecule has 0 spiro atoms. The molecule has 19 heavy (non-hydrogen) atoms. The fourth-order valence-corrected chi connectivity index (χ4v) is 1.96. The van der Waals surface area contributed by atoms with Crippen molar-refractivity contribution in [3.63, 3.8) is 0 Å². The van der Waals surface area contributed by atoms with Crippen LogP contribution in [0.2, 0.25) is 0 Å². The van der Waals surface area contributed by atoms with Crippen LogP contribution in [-0.2, 0) is 11.3 Å². The molecule has 0 radical (unpaired) electrons. The Hall–Kier alpha value is -1.75. The highest BCUT2D eigenvalue weighted by Crippen LogP contribution is 2.18. The van der Waals surface area contributed by atoms with Gasteiger partial charge in [-0.15, -0.1) is 0 Å². The molecule has 1 heterocycles. The van der Waals surface area contributed by atoms with Gasteiger partial charge < -0.3 is 14.5 Å². The fourth-order valence-electron chi connectivity index (χ4n) is 1.70. The molecule has 1 aromatic carbocycles. The van der Waals surface area contributed by atoms with Gasteiger partial charge in [-0.2, -0.15) is 0 Å². The largest absolute Gasteiger partial charge is 0.465 e. The third-order valence-electron chi connectivity index (χ3n) is 2.69. The highest BCUT2D eigenvalue weighted by molar-refractivity contribution is 9.10. The monoisotopic (exact) mass is 323 g/mol. The van der Waals surface area contributed by atoms with Gasteiger partial charge in [-0.25, -0.2) is 4.79 Å². The molecular formula is C14H14BrNO3. The zero-order chi connectivity index (χ0) is 13.8. The number of rotatable bonds is 4. The first-order chi connectivity index (χ1) is 9.10. The second-order valence-electron chi connectivity index (χ2n) is 4.03. The molecule has 4 nitrogen and oxygen atoms in total. The number of aryl methyl sites for hydroxylation is 1. The highest BCUT2D eigenvalue weighted by Gasteiger charge is 2.14. The zero-order valence-electron chi connectivity index (χ0n) is 10.7. The van der Waals surface area contributed by atoms with Crippen molar-refractivity contribution in [1.29, 1.82) is 0 Å². The molecular weight excluding hydrogens is 310 g/mol. The van der Waals surface area contributed by atoms with Gasteiger partial charge in [0.25, 0.3) is 0 Å². The third kappa shape index (κ3) is 3.38. The maximum Gasteiger partial charge on any atom is 0.341 e. The quantitative estimate of drug-likeness (QED) is 0.870.